The summed E-state index contributed by atoms with van der Waals surface area (Å²) in [6.07, 6.45) is 0.265. The Morgan fingerprint density at radius 1 is 1.17 bits per heavy atom. The topological polar surface area (TPSA) is 72.2 Å². The van der Waals surface area contributed by atoms with E-state index in [0.717, 1.165) is 11.1 Å². The number of primary amides is 1. The molecule has 2 aromatic rings. The first kappa shape index (κ1) is 17.3. The van der Waals surface area contributed by atoms with Gasteiger partial charge in [0.05, 0.1) is 0 Å². The maximum Gasteiger partial charge on any atom is 0.251 e. The zero-order valence-corrected chi connectivity index (χ0v) is 14.0. The first-order valence-corrected chi connectivity index (χ1v) is 7.73. The van der Waals surface area contributed by atoms with Crippen molar-refractivity contribution in [2.24, 2.45) is 5.73 Å². The molecule has 0 aliphatic carbocycles. The van der Waals surface area contributed by atoms with Crippen molar-refractivity contribution in [3.63, 3.8) is 0 Å². The van der Waals surface area contributed by atoms with Crippen molar-refractivity contribution in [1.82, 2.24) is 5.32 Å². The van der Waals surface area contributed by atoms with Crippen LogP contribution in [0, 0.1) is 6.92 Å². The van der Waals surface area contributed by atoms with Gasteiger partial charge in [-0.3, -0.25) is 9.59 Å². The fourth-order valence-electron chi connectivity index (χ4n) is 2.10. The van der Waals surface area contributed by atoms with E-state index in [-0.39, 0.29) is 6.42 Å². The van der Waals surface area contributed by atoms with Crippen LogP contribution in [0.15, 0.2) is 42.5 Å². The summed E-state index contributed by atoms with van der Waals surface area (Å²) in [6.45, 7) is 1.84. The molecule has 23 heavy (non-hydrogen) atoms. The lowest BCUT2D eigenvalue weighted by molar-refractivity contribution is -0.119. The minimum atomic E-state index is -0.832. The largest absolute Gasteiger partial charge is 0.368 e. The molecule has 0 aliphatic heterocycles. The van der Waals surface area contributed by atoms with Crippen LogP contribution in [0.5, 0.6) is 0 Å². The summed E-state index contributed by atoms with van der Waals surface area (Å²) in [7, 11) is 0. The molecule has 0 unspecified atom stereocenters. The van der Waals surface area contributed by atoms with E-state index in [9.17, 15) is 9.59 Å². The van der Waals surface area contributed by atoms with Crippen LogP contribution in [0.1, 0.15) is 21.5 Å². The molecule has 0 fully saturated rings. The van der Waals surface area contributed by atoms with Gasteiger partial charge in [0.25, 0.3) is 5.91 Å². The number of hydrogen-bond donors (Lipinski definition) is 2. The molecule has 0 saturated carbocycles. The number of benzene rings is 2. The van der Waals surface area contributed by atoms with E-state index in [2.05, 4.69) is 5.32 Å². The molecular formula is C17H16Cl2N2O2. The molecule has 1 atom stereocenters. The summed E-state index contributed by atoms with van der Waals surface area (Å²) in [5.41, 5.74) is 7.44. The molecule has 3 N–H and O–H groups in total. The van der Waals surface area contributed by atoms with Crippen LogP contribution < -0.4 is 11.1 Å². The van der Waals surface area contributed by atoms with E-state index in [1.807, 2.05) is 13.0 Å². The number of nitrogens with two attached hydrogens (primary N) is 1. The second-order valence-corrected chi connectivity index (χ2v) is 6.07. The molecule has 120 valence electrons. The molecule has 4 nitrogen and oxygen atoms in total. The maximum absolute atomic E-state index is 12.3. The summed E-state index contributed by atoms with van der Waals surface area (Å²) >= 11 is 11.9. The highest BCUT2D eigenvalue weighted by molar-refractivity contribution is 6.31. The highest BCUT2D eigenvalue weighted by atomic mass is 35.5. The van der Waals surface area contributed by atoms with Crippen molar-refractivity contribution in [2.45, 2.75) is 19.4 Å². The van der Waals surface area contributed by atoms with Gasteiger partial charge in [-0.2, -0.15) is 0 Å². The number of carbonyl (C=O) groups excluding carboxylic acids is 2. The second kappa shape index (κ2) is 7.49. The minimum absolute atomic E-state index is 0.265. The highest BCUT2D eigenvalue weighted by Crippen LogP contribution is 2.17. The van der Waals surface area contributed by atoms with E-state index in [1.165, 1.54) is 0 Å². The second-order valence-electron chi connectivity index (χ2n) is 5.23. The fourth-order valence-corrected chi connectivity index (χ4v) is 2.49. The molecule has 0 bridgehead atoms. The number of nitrogens with one attached hydrogen (secondary N) is 1. The van der Waals surface area contributed by atoms with Crippen LogP contribution in [0.3, 0.4) is 0 Å². The Morgan fingerprint density at radius 3 is 2.52 bits per heavy atom. The Kier molecular flexibility index (Phi) is 5.64. The average molecular weight is 351 g/mol. The first-order valence-electron chi connectivity index (χ1n) is 6.97. The Balaban J connectivity index is 2.14. The van der Waals surface area contributed by atoms with E-state index in [4.69, 9.17) is 28.9 Å². The van der Waals surface area contributed by atoms with E-state index < -0.39 is 17.9 Å². The molecule has 0 heterocycles. The maximum atomic E-state index is 12.3. The van der Waals surface area contributed by atoms with Crippen molar-refractivity contribution < 1.29 is 9.59 Å². The van der Waals surface area contributed by atoms with Gasteiger partial charge in [-0.25, -0.2) is 0 Å². The van der Waals surface area contributed by atoms with Crippen molar-refractivity contribution in [2.75, 3.05) is 0 Å². The van der Waals surface area contributed by atoms with Crippen LogP contribution in [-0.4, -0.2) is 17.9 Å². The Hall–Kier alpha value is -2.04. The lowest BCUT2D eigenvalue weighted by Crippen LogP contribution is -2.45. The normalized spacial score (nSPS) is 11.8. The van der Waals surface area contributed by atoms with Gasteiger partial charge < -0.3 is 11.1 Å². The lowest BCUT2D eigenvalue weighted by Gasteiger charge is -2.16. The molecule has 0 spiro atoms. The molecule has 2 aromatic carbocycles. The van der Waals surface area contributed by atoms with E-state index >= 15 is 0 Å². The van der Waals surface area contributed by atoms with Crippen molar-refractivity contribution in [3.05, 3.63) is 69.2 Å². The summed E-state index contributed by atoms with van der Waals surface area (Å²) in [4.78, 5) is 23.9. The summed E-state index contributed by atoms with van der Waals surface area (Å²) in [5.74, 6) is -1.02. The smallest absolute Gasteiger partial charge is 0.251 e. The quantitative estimate of drug-likeness (QED) is 0.869. The van der Waals surface area contributed by atoms with Crippen LogP contribution in [0.25, 0.3) is 0 Å². The number of carbonyl (C=O) groups is 2. The van der Waals surface area contributed by atoms with Gasteiger partial charge in [0, 0.05) is 22.0 Å². The van der Waals surface area contributed by atoms with E-state index in [0.29, 0.717) is 15.6 Å². The monoisotopic (exact) mass is 350 g/mol. The third kappa shape index (κ3) is 4.71. The molecule has 0 radical (unpaired) electrons. The third-order valence-corrected chi connectivity index (χ3v) is 4.05. The van der Waals surface area contributed by atoms with Gasteiger partial charge in [-0.1, -0.05) is 41.4 Å². The number of aryl methyl sites for hydroxylation is 1. The molecule has 0 saturated heterocycles. The molecule has 2 amide bonds. The van der Waals surface area contributed by atoms with Crippen LogP contribution in [0.2, 0.25) is 10.0 Å². The van der Waals surface area contributed by atoms with Gasteiger partial charge in [0.2, 0.25) is 5.91 Å². The van der Waals surface area contributed by atoms with Crippen LogP contribution in [-0.2, 0) is 11.2 Å². The SMILES string of the molecule is Cc1ccc(C(=O)N[C@@H](Cc2cccc(Cl)c2)C(N)=O)cc1Cl. The Labute approximate surface area is 144 Å². The average Bonchev–Trinajstić information content (AvgIpc) is 2.49. The molecule has 0 aliphatic rings. The number of rotatable bonds is 5. The third-order valence-electron chi connectivity index (χ3n) is 3.41. The van der Waals surface area contributed by atoms with Gasteiger partial charge in [-0.05, 0) is 42.3 Å². The van der Waals surface area contributed by atoms with Crippen molar-refractivity contribution in [1.29, 1.82) is 0 Å². The van der Waals surface area contributed by atoms with Crippen LogP contribution >= 0.6 is 23.2 Å². The van der Waals surface area contributed by atoms with Gasteiger partial charge in [0.1, 0.15) is 6.04 Å². The molecular weight excluding hydrogens is 335 g/mol. The predicted molar refractivity (Wildman–Crippen MR) is 91.8 cm³/mol. The van der Waals surface area contributed by atoms with Crippen LogP contribution in [0.4, 0.5) is 0 Å². The van der Waals surface area contributed by atoms with E-state index in [1.54, 1.807) is 36.4 Å². The summed E-state index contributed by atoms with van der Waals surface area (Å²) in [5, 5.41) is 3.68. The fraction of sp³-hybridized carbons (Fsp3) is 0.176. The Morgan fingerprint density at radius 2 is 1.91 bits per heavy atom. The first-order chi connectivity index (χ1) is 10.9. The van der Waals surface area contributed by atoms with Gasteiger partial charge in [0.15, 0.2) is 0 Å². The standard InChI is InChI=1S/C17H16Cl2N2O2/c1-10-5-6-12(9-14(10)19)17(23)21-15(16(20)22)8-11-3-2-4-13(18)7-11/h2-7,9,15H,8H2,1H3,(H2,20,22)(H,21,23)/t15-/m0/s1. The van der Waals surface area contributed by atoms with Crippen molar-refractivity contribution >= 4 is 35.0 Å². The predicted octanol–water partition coefficient (Wildman–Crippen LogP) is 3.13. The minimum Gasteiger partial charge on any atom is -0.368 e. The van der Waals surface area contributed by atoms with Crippen molar-refractivity contribution in [3.8, 4) is 0 Å². The number of halogens is 2. The zero-order chi connectivity index (χ0) is 17.0. The summed E-state index contributed by atoms with van der Waals surface area (Å²) < 4.78 is 0. The Bertz CT molecular complexity index is 747. The highest BCUT2D eigenvalue weighted by Gasteiger charge is 2.20. The number of amides is 2. The summed E-state index contributed by atoms with van der Waals surface area (Å²) in [6, 6.07) is 11.2. The molecule has 2 rings (SSSR count). The number of hydrogen-bond acceptors (Lipinski definition) is 2. The molecule has 6 heteroatoms. The molecule has 0 aromatic heterocycles. The zero-order valence-electron chi connectivity index (χ0n) is 12.5. The van der Waals surface area contributed by atoms with Gasteiger partial charge in [-0.15, -0.1) is 0 Å². The lowest BCUT2D eigenvalue weighted by atomic mass is 10.0. The van der Waals surface area contributed by atoms with Gasteiger partial charge >= 0.3 is 0 Å².